The van der Waals surface area contributed by atoms with Gasteiger partial charge in [-0.05, 0) is 31.7 Å². The van der Waals surface area contributed by atoms with Gasteiger partial charge in [0.1, 0.15) is 0 Å². The monoisotopic (exact) mass is 246 g/mol. The van der Waals surface area contributed by atoms with Gasteiger partial charge in [0.2, 0.25) is 0 Å². The minimum Gasteiger partial charge on any atom is -0.393 e. The lowest BCUT2D eigenvalue weighted by Crippen LogP contribution is -2.13. The fraction of sp³-hybridized carbons (Fsp3) is 0.538. The number of hydrogen-bond donors (Lipinski definition) is 1. The highest BCUT2D eigenvalue weighted by atomic mass is 19.4. The number of aryl methyl sites for hydroxylation is 1. The summed E-state index contributed by atoms with van der Waals surface area (Å²) in [5.41, 5.74) is 2.08. The molecule has 0 aromatic heterocycles. The SMILES string of the molecule is Cc1ccc(CC(O)CCCC(F)(F)F)cc1. The largest absolute Gasteiger partial charge is 0.393 e. The van der Waals surface area contributed by atoms with Crippen LogP contribution in [0.5, 0.6) is 0 Å². The van der Waals surface area contributed by atoms with Crippen molar-refractivity contribution >= 4 is 0 Å². The number of aliphatic hydroxyl groups excluding tert-OH is 1. The second kappa shape index (κ2) is 6.05. The third-order valence-corrected chi connectivity index (χ3v) is 2.59. The van der Waals surface area contributed by atoms with Gasteiger partial charge in [-0.1, -0.05) is 29.8 Å². The number of halogens is 3. The average Bonchev–Trinajstić information content (AvgIpc) is 2.19. The highest BCUT2D eigenvalue weighted by Gasteiger charge is 2.26. The van der Waals surface area contributed by atoms with Crippen molar-refractivity contribution < 1.29 is 18.3 Å². The van der Waals surface area contributed by atoms with E-state index in [0.29, 0.717) is 6.42 Å². The van der Waals surface area contributed by atoms with Crippen molar-refractivity contribution in [2.45, 2.75) is 44.9 Å². The summed E-state index contributed by atoms with van der Waals surface area (Å²) < 4.78 is 35.7. The zero-order valence-electron chi connectivity index (χ0n) is 9.80. The van der Waals surface area contributed by atoms with Crippen LogP contribution in [-0.4, -0.2) is 17.4 Å². The van der Waals surface area contributed by atoms with Crippen LogP contribution in [-0.2, 0) is 6.42 Å². The fourth-order valence-electron chi connectivity index (χ4n) is 1.64. The van der Waals surface area contributed by atoms with Crippen molar-refractivity contribution in [3.05, 3.63) is 35.4 Å². The minimum absolute atomic E-state index is 0.0173. The molecule has 0 fully saturated rings. The Morgan fingerprint density at radius 3 is 2.29 bits per heavy atom. The van der Waals surface area contributed by atoms with Crippen LogP contribution in [0.25, 0.3) is 0 Å². The van der Waals surface area contributed by atoms with Crippen LogP contribution in [0.1, 0.15) is 30.4 Å². The topological polar surface area (TPSA) is 20.2 Å². The molecule has 17 heavy (non-hydrogen) atoms. The third-order valence-electron chi connectivity index (χ3n) is 2.59. The molecule has 0 aliphatic heterocycles. The lowest BCUT2D eigenvalue weighted by molar-refractivity contribution is -0.136. The van der Waals surface area contributed by atoms with Crippen LogP contribution >= 0.6 is 0 Å². The summed E-state index contributed by atoms with van der Waals surface area (Å²) in [4.78, 5) is 0. The van der Waals surface area contributed by atoms with Gasteiger partial charge in [-0.15, -0.1) is 0 Å². The van der Waals surface area contributed by atoms with Crippen molar-refractivity contribution in [1.29, 1.82) is 0 Å². The Balaban J connectivity index is 2.30. The second-order valence-electron chi connectivity index (χ2n) is 4.35. The summed E-state index contributed by atoms with van der Waals surface area (Å²) >= 11 is 0. The fourth-order valence-corrected chi connectivity index (χ4v) is 1.64. The first-order valence-corrected chi connectivity index (χ1v) is 5.67. The smallest absolute Gasteiger partial charge is 0.389 e. The molecule has 0 saturated heterocycles. The van der Waals surface area contributed by atoms with Gasteiger partial charge in [0, 0.05) is 6.42 Å². The van der Waals surface area contributed by atoms with E-state index in [1.807, 2.05) is 31.2 Å². The molecular formula is C13H17F3O. The Labute approximate surface area is 99.3 Å². The number of hydrogen-bond acceptors (Lipinski definition) is 1. The van der Waals surface area contributed by atoms with Crippen LogP contribution in [0.15, 0.2) is 24.3 Å². The highest BCUT2D eigenvalue weighted by molar-refractivity contribution is 5.21. The molecule has 0 radical (unpaired) electrons. The van der Waals surface area contributed by atoms with Crippen LogP contribution < -0.4 is 0 Å². The molecular weight excluding hydrogens is 229 g/mol. The van der Waals surface area contributed by atoms with Crippen molar-refractivity contribution in [2.75, 3.05) is 0 Å². The quantitative estimate of drug-likeness (QED) is 0.841. The van der Waals surface area contributed by atoms with Gasteiger partial charge in [0.15, 0.2) is 0 Å². The summed E-state index contributed by atoms with van der Waals surface area (Å²) in [6.07, 6.45) is -5.05. The Bertz CT molecular complexity index is 330. The maximum absolute atomic E-state index is 11.9. The Morgan fingerprint density at radius 1 is 1.18 bits per heavy atom. The van der Waals surface area contributed by atoms with E-state index in [-0.39, 0.29) is 12.8 Å². The molecule has 96 valence electrons. The molecule has 1 rings (SSSR count). The molecule has 1 N–H and O–H groups in total. The van der Waals surface area contributed by atoms with Gasteiger partial charge in [0.05, 0.1) is 6.10 Å². The predicted molar refractivity (Wildman–Crippen MR) is 60.8 cm³/mol. The number of alkyl halides is 3. The van der Waals surface area contributed by atoms with Crippen molar-refractivity contribution in [3.63, 3.8) is 0 Å². The van der Waals surface area contributed by atoms with Crippen molar-refractivity contribution in [3.8, 4) is 0 Å². The van der Waals surface area contributed by atoms with E-state index in [9.17, 15) is 18.3 Å². The van der Waals surface area contributed by atoms with E-state index in [1.54, 1.807) is 0 Å². The van der Waals surface area contributed by atoms with Crippen molar-refractivity contribution in [1.82, 2.24) is 0 Å². The number of benzene rings is 1. The second-order valence-corrected chi connectivity index (χ2v) is 4.35. The summed E-state index contributed by atoms with van der Waals surface area (Å²) in [5, 5.41) is 9.60. The summed E-state index contributed by atoms with van der Waals surface area (Å²) in [6, 6.07) is 7.64. The molecule has 4 heteroatoms. The van der Waals surface area contributed by atoms with E-state index >= 15 is 0 Å². The molecule has 0 heterocycles. The standard InChI is InChI=1S/C13H17F3O/c1-10-4-6-11(7-5-10)9-12(17)3-2-8-13(14,15)16/h4-7,12,17H,2-3,8-9H2,1H3. The lowest BCUT2D eigenvalue weighted by atomic mass is 10.0. The highest BCUT2D eigenvalue weighted by Crippen LogP contribution is 2.23. The zero-order chi connectivity index (χ0) is 12.9. The molecule has 0 spiro atoms. The third kappa shape index (κ3) is 6.31. The van der Waals surface area contributed by atoms with Gasteiger partial charge in [0.25, 0.3) is 0 Å². The van der Waals surface area contributed by atoms with Gasteiger partial charge in [-0.3, -0.25) is 0 Å². The van der Waals surface area contributed by atoms with E-state index in [2.05, 4.69) is 0 Å². The molecule has 0 aliphatic carbocycles. The van der Waals surface area contributed by atoms with Crippen molar-refractivity contribution in [2.24, 2.45) is 0 Å². The first-order valence-electron chi connectivity index (χ1n) is 5.67. The minimum atomic E-state index is -4.12. The van der Waals surface area contributed by atoms with Crippen LogP contribution in [0.4, 0.5) is 13.2 Å². The van der Waals surface area contributed by atoms with E-state index in [1.165, 1.54) is 0 Å². The zero-order valence-corrected chi connectivity index (χ0v) is 9.80. The first-order chi connectivity index (χ1) is 7.87. The normalized spacial score (nSPS) is 13.7. The molecule has 1 atom stereocenters. The Hall–Kier alpha value is -1.03. The number of rotatable bonds is 5. The maximum Gasteiger partial charge on any atom is 0.389 e. The molecule has 0 bridgehead atoms. The van der Waals surface area contributed by atoms with Gasteiger partial charge < -0.3 is 5.11 Å². The summed E-state index contributed by atoms with van der Waals surface area (Å²) in [6.45, 7) is 1.96. The van der Waals surface area contributed by atoms with Crippen LogP contribution in [0.3, 0.4) is 0 Å². The predicted octanol–water partition coefficient (Wildman–Crippen LogP) is 3.63. The molecule has 0 saturated carbocycles. The molecule has 1 unspecified atom stereocenters. The molecule has 0 amide bonds. The summed E-state index contributed by atoms with van der Waals surface area (Å²) in [7, 11) is 0. The van der Waals surface area contributed by atoms with Crippen LogP contribution in [0, 0.1) is 6.92 Å². The molecule has 1 nitrogen and oxygen atoms in total. The van der Waals surface area contributed by atoms with E-state index in [0.717, 1.165) is 11.1 Å². The van der Waals surface area contributed by atoms with E-state index < -0.39 is 18.7 Å². The molecule has 1 aromatic rings. The molecule has 1 aromatic carbocycles. The van der Waals surface area contributed by atoms with Gasteiger partial charge >= 0.3 is 6.18 Å². The summed E-state index contributed by atoms with van der Waals surface area (Å²) in [5.74, 6) is 0. The Morgan fingerprint density at radius 2 is 1.76 bits per heavy atom. The van der Waals surface area contributed by atoms with Gasteiger partial charge in [-0.2, -0.15) is 13.2 Å². The van der Waals surface area contributed by atoms with E-state index in [4.69, 9.17) is 0 Å². The first kappa shape index (κ1) is 14.0. The maximum atomic E-state index is 11.9. The lowest BCUT2D eigenvalue weighted by Gasteiger charge is -2.11. The van der Waals surface area contributed by atoms with Gasteiger partial charge in [-0.25, -0.2) is 0 Å². The average molecular weight is 246 g/mol. The van der Waals surface area contributed by atoms with Crippen LogP contribution in [0.2, 0.25) is 0 Å². The number of aliphatic hydroxyl groups is 1. The Kier molecular flexibility index (Phi) is 5.00. The molecule has 0 aliphatic rings.